The van der Waals surface area contributed by atoms with Crippen molar-refractivity contribution >= 4 is 23.1 Å². The Morgan fingerprint density at radius 2 is 1.89 bits per heavy atom. The summed E-state index contributed by atoms with van der Waals surface area (Å²) < 4.78 is 7.33. The van der Waals surface area contributed by atoms with Crippen LogP contribution in [0, 0.1) is 13.8 Å². The van der Waals surface area contributed by atoms with Crippen LogP contribution in [0.15, 0.2) is 30.3 Å². The number of morpholine rings is 1. The van der Waals surface area contributed by atoms with Gasteiger partial charge >= 0.3 is 0 Å². The van der Waals surface area contributed by atoms with Crippen LogP contribution in [-0.4, -0.2) is 58.9 Å². The lowest BCUT2D eigenvalue weighted by Crippen LogP contribution is -2.37. The van der Waals surface area contributed by atoms with E-state index in [-0.39, 0.29) is 0 Å². The molecule has 7 heteroatoms. The monoisotopic (exact) mass is 399 g/mol. The Labute approximate surface area is 170 Å². The predicted octanol–water partition coefficient (Wildman–Crippen LogP) is 3.80. The molecule has 0 spiro atoms. The van der Waals surface area contributed by atoms with E-state index in [2.05, 4.69) is 16.3 Å². The fourth-order valence-electron chi connectivity index (χ4n) is 3.67. The summed E-state index contributed by atoms with van der Waals surface area (Å²) in [4.78, 5) is 7.22. The molecule has 1 aliphatic heterocycles. The number of aromatic nitrogens is 3. The molecular formula is C21H26ClN5O. The van der Waals surface area contributed by atoms with Crippen LogP contribution in [0.5, 0.6) is 0 Å². The van der Waals surface area contributed by atoms with E-state index in [0.29, 0.717) is 0 Å². The number of ether oxygens (including phenoxy) is 1. The van der Waals surface area contributed by atoms with Gasteiger partial charge in [0.15, 0.2) is 5.65 Å². The molecule has 1 fully saturated rings. The lowest BCUT2D eigenvalue weighted by molar-refractivity contribution is 0.0378. The highest BCUT2D eigenvalue weighted by atomic mass is 35.5. The molecule has 28 heavy (non-hydrogen) atoms. The highest BCUT2D eigenvalue weighted by molar-refractivity contribution is 6.30. The summed E-state index contributed by atoms with van der Waals surface area (Å²) in [5, 5.41) is 9.03. The number of anilines is 1. The van der Waals surface area contributed by atoms with Gasteiger partial charge < -0.3 is 10.1 Å². The first-order valence-electron chi connectivity index (χ1n) is 9.79. The molecule has 4 rings (SSSR count). The third kappa shape index (κ3) is 4.14. The number of fused-ring (bicyclic) bond motifs is 1. The Kier molecular flexibility index (Phi) is 5.80. The Morgan fingerprint density at radius 1 is 1.14 bits per heavy atom. The van der Waals surface area contributed by atoms with Gasteiger partial charge in [-0.15, -0.1) is 0 Å². The largest absolute Gasteiger partial charge is 0.379 e. The fourth-order valence-corrected chi connectivity index (χ4v) is 3.79. The molecule has 1 aromatic carbocycles. The first-order chi connectivity index (χ1) is 13.6. The molecule has 6 nitrogen and oxygen atoms in total. The SMILES string of the molecule is Cc1cc(NCCCN2CCOCC2)n2nc(C)c(-c3ccc(Cl)cc3)c2n1. The number of benzene rings is 1. The number of aryl methyl sites for hydroxylation is 2. The van der Waals surface area contributed by atoms with Crippen LogP contribution >= 0.6 is 11.6 Å². The van der Waals surface area contributed by atoms with Gasteiger partial charge in [-0.25, -0.2) is 4.98 Å². The smallest absolute Gasteiger partial charge is 0.165 e. The fraction of sp³-hybridized carbons (Fsp3) is 0.429. The molecule has 3 aromatic rings. The summed E-state index contributed by atoms with van der Waals surface area (Å²) in [6.45, 7) is 9.77. The average Bonchev–Trinajstić information content (AvgIpc) is 3.02. The van der Waals surface area contributed by atoms with E-state index in [1.165, 1.54) is 0 Å². The number of nitrogens with zero attached hydrogens (tertiary/aromatic N) is 4. The molecule has 0 radical (unpaired) electrons. The Hall–Kier alpha value is -2.15. The molecule has 0 atom stereocenters. The van der Waals surface area contributed by atoms with Crippen molar-refractivity contribution in [2.24, 2.45) is 0 Å². The topological polar surface area (TPSA) is 54.7 Å². The summed E-state index contributed by atoms with van der Waals surface area (Å²) in [6, 6.07) is 9.90. The van der Waals surface area contributed by atoms with Crippen LogP contribution in [0.2, 0.25) is 5.02 Å². The van der Waals surface area contributed by atoms with Crippen LogP contribution in [0.1, 0.15) is 17.8 Å². The number of halogens is 1. The van der Waals surface area contributed by atoms with Crippen molar-refractivity contribution in [3.05, 3.63) is 46.7 Å². The number of hydrogen-bond donors (Lipinski definition) is 1. The van der Waals surface area contributed by atoms with Crippen molar-refractivity contribution in [1.82, 2.24) is 19.5 Å². The first kappa shape index (κ1) is 19.2. The Balaban J connectivity index is 1.54. The summed E-state index contributed by atoms with van der Waals surface area (Å²) in [5.74, 6) is 0.979. The predicted molar refractivity (Wildman–Crippen MR) is 113 cm³/mol. The molecule has 1 saturated heterocycles. The summed E-state index contributed by atoms with van der Waals surface area (Å²) >= 11 is 6.05. The van der Waals surface area contributed by atoms with Crippen LogP contribution in [0.4, 0.5) is 5.82 Å². The van der Waals surface area contributed by atoms with Gasteiger partial charge in [0, 0.05) is 42.0 Å². The van der Waals surface area contributed by atoms with E-state index in [0.717, 1.165) is 84.8 Å². The van der Waals surface area contributed by atoms with Gasteiger partial charge in [-0.1, -0.05) is 23.7 Å². The third-order valence-electron chi connectivity index (χ3n) is 5.09. The van der Waals surface area contributed by atoms with Crippen molar-refractivity contribution in [3.63, 3.8) is 0 Å². The molecule has 0 unspecified atom stereocenters. The van der Waals surface area contributed by atoms with Gasteiger partial charge in [0.25, 0.3) is 0 Å². The van der Waals surface area contributed by atoms with Crippen LogP contribution in [0.25, 0.3) is 16.8 Å². The summed E-state index contributed by atoms with van der Waals surface area (Å²) in [6.07, 6.45) is 1.08. The molecule has 0 amide bonds. The number of nitrogens with one attached hydrogen (secondary N) is 1. The second kappa shape index (κ2) is 8.47. The molecule has 148 valence electrons. The Morgan fingerprint density at radius 3 is 2.64 bits per heavy atom. The maximum atomic E-state index is 6.05. The zero-order valence-electron chi connectivity index (χ0n) is 16.4. The van der Waals surface area contributed by atoms with Gasteiger partial charge in [0.1, 0.15) is 5.82 Å². The minimum absolute atomic E-state index is 0.727. The highest BCUT2D eigenvalue weighted by Gasteiger charge is 2.16. The number of hydrogen-bond acceptors (Lipinski definition) is 5. The lowest BCUT2D eigenvalue weighted by Gasteiger charge is -2.26. The summed E-state index contributed by atoms with van der Waals surface area (Å²) in [5.41, 5.74) is 4.93. The van der Waals surface area contributed by atoms with Gasteiger partial charge in [-0.3, -0.25) is 4.90 Å². The Bertz CT molecular complexity index is 948. The number of rotatable bonds is 6. The summed E-state index contributed by atoms with van der Waals surface area (Å²) in [7, 11) is 0. The van der Waals surface area contributed by atoms with Crippen molar-refractivity contribution in [1.29, 1.82) is 0 Å². The van der Waals surface area contributed by atoms with E-state index < -0.39 is 0 Å². The van der Waals surface area contributed by atoms with Crippen molar-refractivity contribution in [3.8, 4) is 11.1 Å². The molecule has 3 heterocycles. The molecule has 0 bridgehead atoms. The molecule has 0 aliphatic carbocycles. The molecule has 1 N–H and O–H groups in total. The van der Waals surface area contributed by atoms with E-state index >= 15 is 0 Å². The van der Waals surface area contributed by atoms with Gasteiger partial charge in [-0.05, 0) is 44.5 Å². The average molecular weight is 400 g/mol. The zero-order chi connectivity index (χ0) is 19.5. The van der Waals surface area contributed by atoms with Crippen LogP contribution < -0.4 is 5.32 Å². The van der Waals surface area contributed by atoms with Crippen molar-refractivity contribution in [2.75, 3.05) is 44.7 Å². The van der Waals surface area contributed by atoms with Gasteiger partial charge in [-0.2, -0.15) is 9.61 Å². The third-order valence-corrected chi connectivity index (χ3v) is 5.34. The molecule has 1 aliphatic rings. The highest BCUT2D eigenvalue weighted by Crippen LogP contribution is 2.30. The zero-order valence-corrected chi connectivity index (χ0v) is 17.2. The molecular weight excluding hydrogens is 374 g/mol. The second-order valence-corrected chi connectivity index (χ2v) is 7.66. The quantitative estimate of drug-likeness (QED) is 0.639. The maximum Gasteiger partial charge on any atom is 0.165 e. The minimum Gasteiger partial charge on any atom is -0.379 e. The van der Waals surface area contributed by atoms with Crippen LogP contribution in [-0.2, 0) is 4.74 Å². The standard InChI is InChI=1S/C21H26ClN5O/c1-15-14-19(23-8-3-9-26-10-12-28-13-11-26)27-21(24-15)20(16(2)25-27)17-4-6-18(22)7-5-17/h4-7,14,23H,3,8-13H2,1-2H3. The van der Waals surface area contributed by atoms with Gasteiger partial charge in [0.2, 0.25) is 0 Å². The first-order valence-corrected chi connectivity index (χ1v) is 10.2. The maximum absolute atomic E-state index is 6.05. The van der Waals surface area contributed by atoms with Gasteiger partial charge in [0.05, 0.1) is 18.9 Å². The van der Waals surface area contributed by atoms with E-state index in [1.807, 2.05) is 42.6 Å². The second-order valence-electron chi connectivity index (χ2n) is 7.22. The van der Waals surface area contributed by atoms with E-state index in [9.17, 15) is 0 Å². The van der Waals surface area contributed by atoms with E-state index in [1.54, 1.807) is 0 Å². The van der Waals surface area contributed by atoms with Crippen LogP contribution in [0.3, 0.4) is 0 Å². The van der Waals surface area contributed by atoms with Crippen molar-refractivity contribution in [2.45, 2.75) is 20.3 Å². The van der Waals surface area contributed by atoms with E-state index in [4.69, 9.17) is 26.4 Å². The minimum atomic E-state index is 0.727. The normalized spacial score (nSPS) is 15.2. The lowest BCUT2D eigenvalue weighted by atomic mass is 10.1. The molecule has 2 aromatic heterocycles. The molecule has 0 saturated carbocycles. The van der Waals surface area contributed by atoms with Crippen molar-refractivity contribution < 1.29 is 4.74 Å².